The van der Waals surface area contributed by atoms with Gasteiger partial charge in [0.05, 0.1) is 12.7 Å². The summed E-state index contributed by atoms with van der Waals surface area (Å²) in [6.07, 6.45) is -2.97. The molecular weight excluding hydrogens is 193 g/mol. The first-order chi connectivity index (χ1) is 6.56. The van der Waals surface area contributed by atoms with E-state index in [0.717, 1.165) is 6.26 Å². The third-order valence-electron chi connectivity index (χ3n) is 1.83. The fourth-order valence-electron chi connectivity index (χ4n) is 1.29. The molecule has 0 aliphatic heterocycles. The van der Waals surface area contributed by atoms with Crippen molar-refractivity contribution in [2.45, 2.75) is 6.18 Å². The normalized spacial score (nSPS) is 12.2. The van der Waals surface area contributed by atoms with Crippen molar-refractivity contribution in [1.29, 1.82) is 0 Å². The average Bonchev–Trinajstić information content (AvgIpc) is 2.47. The molecule has 1 aromatic heterocycles. The molecule has 1 aromatic carbocycles. The van der Waals surface area contributed by atoms with Gasteiger partial charge in [0, 0.05) is 10.9 Å². The number of fused-ring (bicyclic) bond motifs is 1. The van der Waals surface area contributed by atoms with Crippen molar-refractivity contribution in [3.05, 3.63) is 42.5 Å². The standard InChI is InChI=1S/C10H6F3O/c11-10(12,13)5-7-6-14-9-4-2-1-3-8(7)9/h1-6H. The van der Waals surface area contributed by atoms with Crippen molar-refractivity contribution in [3.63, 3.8) is 0 Å². The molecule has 2 rings (SSSR count). The van der Waals surface area contributed by atoms with E-state index in [4.69, 9.17) is 4.42 Å². The van der Waals surface area contributed by atoms with Gasteiger partial charge in [-0.05, 0) is 6.07 Å². The molecule has 0 saturated carbocycles. The van der Waals surface area contributed by atoms with Crippen LogP contribution in [0.2, 0.25) is 0 Å². The van der Waals surface area contributed by atoms with Gasteiger partial charge < -0.3 is 4.42 Å². The highest BCUT2D eigenvalue weighted by Crippen LogP contribution is 2.29. The molecule has 0 aliphatic carbocycles. The lowest BCUT2D eigenvalue weighted by atomic mass is 10.1. The van der Waals surface area contributed by atoms with E-state index in [1.165, 1.54) is 0 Å². The maximum absolute atomic E-state index is 12.0. The van der Waals surface area contributed by atoms with E-state index in [9.17, 15) is 13.2 Å². The zero-order valence-electron chi connectivity index (χ0n) is 7.01. The summed E-state index contributed by atoms with van der Waals surface area (Å²) in [4.78, 5) is 0. The highest BCUT2D eigenvalue weighted by Gasteiger charge is 2.29. The van der Waals surface area contributed by atoms with E-state index in [-0.39, 0.29) is 12.0 Å². The van der Waals surface area contributed by atoms with Crippen molar-refractivity contribution in [2.75, 3.05) is 0 Å². The summed E-state index contributed by atoms with van der Waals surface area (Å²) in [5, 5.41) is 0.477. The van der Waals surface area contributed by atoms with Crippen molar-refractivity contribution in [1.82, 2.24) is 0 Å². The number of para-hydroxylation sites is 1. The van der Waals surface area contributed by atoms with Crippen LogP contribution in [-0.2, 0) is 0 Å². The van der Waals surface area contributed by atoms with Gasteiger partial charge in [0.15, 0.2) is 0 Å². The second kappa shape index (κ2) is 3.04. The largest absolute Gasteiger partial charge is 0.464 e. The Labute approximate surface area is 78.1 Å². The van der Waals surface area contributed by atoms with Crippen LogP contribution in [0.4, 0.5) is 13.2 Å². The minimum absolute atomic E-state index is 0.0631. The third kappa shape index (κ3) is 1.73. The Balaban J connectivity index is 2.44. The van der Waals surface area contributed by atoms with Crippen LogP contribution in [0.5, 0.6) is 0 Å². The Kier molecular flexibility index (Phi) is 1.98. The van der Waals surface area contributed by atoms with Crippen molar-refractivity contribution < 1.29 is 17.6 Å². The van der Waals surface area contributed by atoms with Gasteiger partial charge in [0.1, 0.15) is 5.58 Å². The molecule has 0 fully saturated rings. The fraction of sp³-hybridized carbons (Fsp3) is 0.100. The quantitative estimate of drug-likeness (QED) is 0.684. The molecule has 1 radical (unpaired) electrons. The highest BCUT2D eigenvalue weighted by atomic mass is 19.4. The van der Waals surface area contributed by atoms with Crippen LogP contribution >= 0.6 is 0 Å². The number of halogens is 3. The molecule has 2 aromatic rings. The summed E-state index contributed by atoms with van der Waals surface area (Å²) in [7, 11) is 0. The van der Waals surface area contributed by atoms with Gasteiger partial charge in [-0.1, -0.05) is 18.2 Å². The van der Waals surface area contributed by atoms with Gasteiger partial charge >= 0.3 is 6.18 Å². The Hall–Kier alpha value is -1.45. The van der Waals surface area contributed by atoms with Gasteiger partial charge in [-0.2, -0.15) is 13.2 Å². The van der Waals surface area contributed by atoms with Crippen LogP contribution in [0.25, 0.3) is 11.0 Å². The predicted octanol–water partition coefficient (Wildman–Crippen LogP) is 3.55. The summed E-state index contributed by atoms with van der Waals surface area (Å²) >= 11 is 0. The second-order valence-corrected chi connectivity index (χ2v) is 2.87. The van der Waals surface area contributed by atoms with Crippen molar-refractivity contribution >= 4 is 11.0 Å². The third-order valence-corrected chi connectivity index (χ3v) is 1.83. The lowest BCUT2D eigenvalue weighted by molar-refractivity contribution is -0.0927. The Morgan fingerprint density at radius 1 is 1.14 bits per heavy atom. The first-order valence-electron chi connectivity index (χ1n) is 3.95. The molecule has 0 unspecified atom stereocenters. The zero-order chi connectivity index (χ0) is 10.2. The molecule has 14 heavy (non-hydrogen) atoms. The van der Waals surface area contributed by atoms with E-state index in [1.54, 1.807) is 24.3 Å². The Bertz CT molecular complexity index is 442. The Morgan fingerprint density at radius 3 is 2.57 bits per heavy atom. The van der Waals surface area contributed by atoms with Crippen LogP contribution < -0.4 is 0 Å². The average molecular weight is 199 g/mol. The summed E-state index contributed by atoms with van der Waals surface area (Å²) in [5.74, 6) is 0. The van der Waals surface area contributed by atoms with Crippen LogP contribution in [0.1, 0.15) is 5.56 Å². The molecule has 1 nitrogen and oxygen atoms in total. The first kappa shape index (κ1) is 9.12. The maximum Gasteiger partial charge on any atom is 0.396 e. The highest BCUT2D eigenvalue weighted by molar-refractivity contribution is 5.82. The molecule has 73 valence electrons. The van der Waals surface area contributed by atoms with Crippen molar-refractivity contribution in [3.8, 4) is 0 Å². The van der Waals surface area contributed by atoms with Gasteiger partial charge in [-0.3, -0.25) is 0 Å². The van der Waals surface area contributed by atoms with Gasteiger partial charge in [-0.25, -0.2) is 0 Å². The number of rotatable bonds is 1. The lowest BCUT2D eigenvalue weighted by Crippen LogP contribution is -2.08. The SMILES string of the molecule is FC(F)(F)[CH]c1coc2ccccc12. The van der Waals surface area contributed by atoms with E-state index >= 15 is 0 Å². The minimum Gasteiger partial charge on any atom is -0.464 e. The van der Waals surface area contributed by atoms with Gasteiger partial charge in [0.2, 0.25) is 0 Å². The van der Waals surface area contributed by atoms with Crippen molar-refractivity contribution in [2.24, 2.45) is 0 Å². The molecular formula is C10H6F3O. The minimum atomic E-state index is -4.31. The number of alkyl halides is 3. The topological polar surface area (TPSA) is 13.1 Å². The van der Waals surface area contributed by atoms with Crippen LogP contribution in [0.3, 0.4) is 0 Å². The molecule has 4 heteroatoms. The molecule has 0 aliphatic rings. The van der Waals surface area contributed by atoms with E-state index in [0.29, 0.717) is 11.0 Å². The smallest absolute Gasteiger partial charge is 0.396 e. The molecule has 1 heterocycles. The molecule has 0 amide bonds. The Morgan fingerprint density at radius 2 is 1.86 bits per heavy atom. The van der Waals surface area contributed by atoms with E-state index < -0.39 is 6.18 Å². The zero-order valence-corrected chi connectivity index (χ0v) is 7.01. The second-order valence-electron chi connectivity index (χ2n) is 2.87. The summed E-state index contributed by atoms with van der Waals surface area (Å²) in [5.41, 5.74) is 0.524. The first-order valence-corrected chi connectivity index (χ1v) is 3.95. The summed E-state index contributed by atoms with van der Waals surface area (Å²) < 4.78 is 41.1. The molecule has 0 saturated heterocycles. The van der Waals surface area contributed by atoms with Crippen LogP contribution in [0, 0.1) is 6.42 Å². The number of hydrogen-bond donors (Lipinski definition) is 0. The lowest BCUT2D eigenvalue weighted by Gasteiger charge is -2.02. The fourth-order valence-corrected chi connectivity index (χ4v) is 1.29. The van der Waals surface area contributed by atoms with E-state index in [2.05, 4.69) is 0 Å². The molecule has 0 N–H and O–H groups in total. The number of hydrogen-bond acceptors (Lipinski definition) is 1. The number of furan rings is 1. The molecule has 0 atom stereocenters. The number of benzene rings is 1. The van der Waals surface area contributed by atoms with E-state index in [1.807, 2.05) is 0 Å². The van der Waals surface area contributed by atoms with Gasteiger partial charge in [0.25, 0.3) is 0 Å². The van der Waals surface area contributed by atoms with Crippen LogP contribution in [0.15, 0.2) is 34.9 Å². The summed E-state index contributed by atoms with van der Waals surface area (Å²) in [6.45, 7) is 0. The predicted molar refractivity (Wildman–Crippen MR) is 45.7 cm³/mol. The van der Waals surface area contributed by atoms with Crippen LogP contribution in [-0.4, -0.2) is 6.18 Å². The summed E-state index contributed by atoms with van der Waals surface area (Å²) in [6, 6.07) is 6.61. The van der Waals surface area contributed by atoms with Gasteiger partial charge in [-0.15, -0.1) is 0 Å². The molecule has 0 bridgehead atoms. The maximum atomic E-state index is 12.0. The molecule has 0 spiro atoms. The monoisotopic (exact) mass is 199 g/mol.